The van der Waals surface area contributed by atoms with Gasteiger partial charge in [-0.15, -0.1) is 0 Å². The number of hydrogen-bond acceptors (Lipinski definition) is 2. The summed E-state index contributed by atoms with van der Waals surface area (Å²) in [6.45, 7) is 3.04. The average molecular weight is 314 g/mol. The van der Waals surface area contributed by atoms with E-state index in [4.69, 9.17) is 5.21 Å². The highest BCUT2D eigenvalue weighted by Crippen LogP contribution is 2.14. The van der Waals surface area contributed by atoms with Crippen LogP contribution in [0.3, 0.4) is 0 Å². The summed E-state index contributed by atoms with van der Waals surface area (Å²) in [5, 5.41) is 8.45. The standard InChI is InChI=1S/C20H43NO/c1-2-3-4-5-6-7-8-9-10-11-12-13-14-15-16-17-18-19-20-21-22/h21-22H,2-20H2,1H3. The Bertz CT molecular complexity index is 165. The first-order valence-corrected chi connectivity index (χ1v) is 10.3. The summed E-state index contributed by atoms with van der Waals surface area (Å²) < 4.78 is 0. The van der Waals surface area contributed by atoms with E-state index in [-0.39, 0.29) is 0 Å². The van der Waals surface area contributed by atoms with Gasteiger partial charge in [-0.3, -0.25) is 0 Å². The lowest BCUT2D eigenvalue weighted by Crippen LogP contribution is -2.07. The Labute approximate surface area is 140 Å². The van der Waals surface area contributed by atoms with E-state index in [0.717, 1.165) is 13.0 Å². The zero-order valence-corrected chi connectivity index (χ0v) is 15.4. The number of rotatable bonds is 19. The lowest BCUT2D eigenvalue weighted by molar-refractivity contribution is 0.164. The summed E-state index contributed by atoms with van der Waals surface area (Å²) in [6.07, 6.45) is 25.3. The third-order valence-electron chi connectivity index (χ3n) is 4.64. The van der Waals surface area contributed by atoms with E-state index in [0.29, 0.717) is 0 Å². The Morgan fingerprint density at radius 3 is 1.00 bits per heavy atom. The van der Waals surface area contributed by atoms with Crippen LogP contribution < -0.4 is 5.48 Å². The number of unbranched alkanes of at least 4 members (excludes halogenated alkanes) is 17. The molecule has 0 aromatic rings. The minimum atomic E-state index is 0.749. The van der Waals surface area contributed by atoms with Crippen LogP contribution in [0.1, 0.15) is 122 Å². The van der Waals surface area contributed by atoms with Crippen LogP contribution >= 0.6 is 0 Å². The van der Waals surface area contributed by atoms with Gasteiger partial charge in [-0.05, 0) is 6.42 Å². The monoisotopic (exact) mass is 313 g/mol. The molecular weight excluding hydrogens is 270 g/mol. The molecule has 0 amide bonds. The summed E-state index contributed by atoms with van der Waals surface area (Å²) >= 11 is 0. The topological polar surface area (TPSA) is 32.3 Å². The SMILES string of the molecule is CCCCCCCCCCCCCCCCCCCCNO. The molecule has 0 saturated heterocycles. The fourth-order valence-electron chi connectivity index (χ4n) is 3.11. The van der Waals surface area contributed by atoms with E-state index in [2.05, 4.69) is 12.4 Å². The Balaban J connectivity index is 2.91. The molecule has 0 aliphatic heterocycles. The van der Waals surface area contributed by atoms with E-state index in [1.165, 1.54) is 109 Å². The van der Waals surface area contributed by atoms with Gasteiger partial charge in [0.15, 0.2) is 0 Å². The summed E-state index contributed by atoms with van der Waals surface area (Å²) in [4.78, 5) is 0. The predicted octanol–water partition coefficient (Wildman–Crippen LogP) is 7.01. The Hall–Kier alpha value is -0.0800. The van der Waals surface area contributed by atoms with Crippen molar-refractivity contribution < 1.29 is 5.21 Å². The van der Waals surface area contributed by atoms with Crippen molar-refractivity contribution in [3.05, 3.63) is 0 Å². The highest BCUT2D eigenvalue weighted by Gasteiger charge is 1.94. The van der Waals surface area contributed by atoms with Gasteiger partial charge < -0.3 is 5.21 Å². The molecule has 0 heterocycles. The molecule has 0 bridgehead atoms. The first-order valence-electron chi connectivity index (χ1n) is 10.3. The molecule has 22 heavy (non-hydrogen) atoms. The van der Waals surface area contributed by atoms with Gasteiger partial charge >= 0.3 is 0 Å². The zero-order chi connectivity index (χ0) is 16.1. The molecule has 2 nitrogen and oxygen atoms in total. The van der Waals surface area contributed by atoms with Crippen LogP contribution in [0, 0.1) is 0 Å². The summed E-state index contributed by atoms with van der Waals surface area (Å²) in [6, 6.07) is 0. The van der Waals surface area contributed by atoms with Gasteiger partial charge in [-0.2, -0.15) is 0 Å². The van der Waals surface area contributed by atoms with Crippen LogP contribution in [0.2, 0.25) is 0 Å². The zero-order valence-electron chi connectivity index (χ0n) is 15.4. The van der Waals surface area contributed by atoms with Gasteiger partial charge in [0.25, 0.3) is 0 Å². The molecule has 134 valence electrons. The fourth-order valence-corrected chi connectivity index (χ4v) is 3.11. The van der Waals surface area contributed by atoms with Crippen molar-refractivity contribution in [2.75, 3.05) is 6.54 Å². The van der Waals surface area contributed by atoms with Gasteiger partial charge in [0, 0.05) is 6.54 Å². The Morgan fingerprint density at radius 1 is 0.455 bits per heavy atom. The van der Waals surface area contributed by atoms with Crippen LogP contribution in [0.4, 0.5) is 0 Å². The second-order valence-electron chi connectivity index (χ2n) is 6.92. The molecule has 2 heteroatoms. The Kier molecular flexibility index (Phi) is 20.8. The van der Waals surface area contributed by atoms with E-state index in [9.17, 15) is 0 Å². The molecule has 0 unspecified atom stereocenters. The molecular formula is C20H43NO. The van der Waals surface area contributed by atoms with Crippen LogP contribution in [-0.4, -0.2) is 11.8 Å². The smallest absolute Gasteiger partial charge is 0.0207 e. The molecule has 0 aromatic carbocycles. The highest BCUT2D eigenvalue weighted by atomic mass is 16.5. The molecule has 0 atom stereocenters. The summed E-state index contributed by atoms with van der Waals surface area (Å²) in [7, 11) is 0. The molecule has 0 radical (unpaired) electrons. The van der Waals surface area contributed by atoms with Crippen LogP contribution in [0.5, 0.6) is 0 Å². The van der Waals surface area contributed by atoms with E-state index < -0.39 is 0 Å². The maximum absolute atomic E-state index is 8.45. The minimum Gasteiger partial charge on any atom is -0.317 e. The molecule has 0 aliphatic carbocycles. The van der Waals surface area contributed by atoms with Crippen LogP contribution in [0.25, 0.3) is 0 Å². The predicted molar refractivity (Wildman–Crippen MR) is 98.6 cm³/mol. The normalized spacial score (nSPS) is 11.2. The average Bonchev–Trinajstić information content (AvgIpc) is 2.54. The van der Waals surface area contributed by atoms with Gasteiger partial charge in [0.1, 0.15) is 0 Å². The number of hydrogen-bond donors (Lipinski definition) is 2. The van der Waals surface area contributed by atoms with Gasteiger partial charge in [-0.25, -0.2) is 5.48 Å². The molecule has 0 rings (SSSR count). The van der Waals surface area contributed by atoms with Crippen LogP contribution in [0.15, 0.2) is 0 Å². The van der Waals surface area contributed by atoms with E-state index in [1.807, 2.05) is 0 Å². The maximum Gasteiger partial charge on any atom is 0.0207 e. The van der Waals surface area contributed by atoms with E-state index in [1.54, 1.807) is 0 Å². The van der Waals surface area contributed by atoms with Crippen molar-refractivity contribution >= 4 is 0 Å². The molecule has 0 aliphatic rings. The van der Waals surface area contributed by atoms with Gasteiger partial charge in [-0.1, -0.05) is 116 Å². The molecule has 0 aromatic heterocycles. The lowest BCUT2D eigenvalue weighted by atomic mass is 10.0. The number of nitrogens with one attached hydrogen (secondary N) is 1. The first-order chi connectivity index (χ1) is 10.9. The molecule has 0 spiro atoms. The van der Waals surface area contributed by atoms with Crippen molar-refractivity contribution in [3.63, 3.8) is 0 Å². The van der Waals surface area contributed by atoms with Gasteiger partial charge in [0.2, 0.25) is 0 Å². The maximum atomic E-state index is 8.45. The minimum absolute atomic E-state index is 0.749. The second kappa shape index (κ2) is 20.9. The quantitative estimate of drug-likeness (QED) is 0.198. The van der Waals surface area contributed by atoms with Gasteiger partial charge in [0.05, 0.1) is 0 Å². The van der Waals surface area contributed by atoms with Crippen LogP contribution in [-0.2, 0) is 0 Å². The lowest BCUT2D eigenvalue weighted by Gasteiger charge is -2.03. The number of hydroxylamine groups is 1. The van der Waals surface area contributed by atoms with Crippen molar-refractivity contribution in [3.8, 4) is 0 Å². The molecule has 2 N–H and O–H groups in total. The Morgan fingerprint density at radius 2 is 0.727 bits per heavy atom. The highest BCUT2D eigenvalue weighted by molar-refractivity contribution is 4.50. The first kappa shape index (κ1) is 21.9. The summed E-state index contributed by atoms with van der Waals surface area (Å²) in [5.74, 6) is 0. The summed E-state index contributed by atoms with van der Waals surface area (Å²) in [5.41, 5.74) is 2.22. The van der Waals surface area contributed by atoms with Crippen molar-refractivity contribution in [1.82, 2.24) is 5.48 Å². The molecule has 0 saturated carbocycles. The fraction of sp³-hybridized carbons (Fsp3) is 1.00. The van der Waals surface area contributed by atoms with E-state index >= 15 is 0 Å². The third-order valence-corrected chi connectivity index (χ3v) is 4.64. The van der Waals surface area contributed by atoms with Crippen molar-refractivity contribution in [2.24, 2.45) is 0 Å². The second-order valence-corrected chi connectivity index (χ2v) is 6.92. The van der Waals surface area contributed by atoms with Crippen molar-refractivity contribution in [2.45, 2.75) is 122 Å². The van der Waals surface area contributed by atoms with Crippen molar-refractivity contribution in [1.29, 1.82) is 0 Å². The molecule has 0 fully saturated rings. The third kappa shape index (κ3) is 19.9. The largest absolute Gasteiger partial charge is 0.317 e.